The second-order valence-electron chi connectivity index (χ2n) is 3.12. The molecule has 0 fully saturated rings. The molecule has 0 aromatic rings. The Kier molecular flexibility index (Phi) is 5.03. The van der Waals surface area contributed by atoms with E-state index in [9.17, 15) is 0 Å². The summed E-state index contributed by atoms with van der Waals surface area (Å²) in [4.78, 5) is 0. The molecule has 1 aliphatic rings. The summed E-state index contributed by atoms with van der Waals surface area (Å²) in [7, 11) is 0. The van der Waals surface area contributed by atoms with Gasteiger partial charge in [0.2, 0.25) is 0 Å². The van der Waals surface area contributed by atoms with Crippen LogP contribution >= 0.6 is 11.8 Å². The summed E-state index contributed by atoms with van der Waals surface area (Å²) in [5.41, 5.74) is 0. The van der Waals surface area contributed by atoms with Gasteiger partial charge in [0.15, 0.2) is 0 Å². The molecule has 1 atom stereocenters. The average Bonchev–Trinajstić information content (AvgIpc) is 2.02. The van der Waals surface area contributed by atoms with Crippen molar-refractivity contribution in [1.29, 1.82) is 0 Å². The van der Waals surface area contributed by atoms with E-state index in [4.69, 9.17) is 6.42 Å². The van der Waals surface area contributed by atoms with Crippen LogP contribution in [0.3, 0.4) is 0 Å². The van der Waals surface area contributed by atoms with E-state index in [0.717, 1.165) is 5.75 Å². The van der Waals surface area contributed by atoms with E-state index < -0.39 is 0 Å². The van der Waals surface area contributed by atoms with Crippen LogP contribution < -0.4 is 0 Å². The quantitative estimate of drug-likeness (QED) is 0.464. The molecule has 0 nitrogen and oxygen atoms in total. The highest BCUT2D eigenvalue weighted by Crippen LogP contribution is 2.21. The lowest BCUT2D eigenvalue weighted by Gasteiger charge is -2.12. The number of allylic oxidation sites excluding steroid dienone is 1. The highest BCUT2D eigenvalue weighted by atomic mass is 32.2. The molecular formula is C11H16S. The Hall–Kier alpha value is -0.350. The van der Waals surface area contributed by atoms with Crippen LogP contribution in [-0.4, -0.2) is 11.0 Å². The molecule has 0 spiro atoms. The third-order valence-electron chi connectivity index (χ3n) is 2.09. The lowest BCUT2D eigenvalue weighted by Crippen LogP contribution is -2.01. The Morgan fingerprint density at radius 3 is 3.17 bits per heavy atom. The standard InChI is InChI=1S/C11H16S/c1-2-10-12-11-8-6-4-3-5-7-9-11/h1,6,8,11H,3-5,7,9-10H2/b8-6-. The van der Waals surface area contributed by atoms with Gasteiger partial charge in [0.1, 0.15) is 0 Å². The van der Waals surface area contributed by atoms with Crippen molar-refractivity contribution in [3.8, 4) is 12.3 Å². The minimum absolute atomic E-state index is 0.682. The SMILES string of the molecule is C#CCSC1/C=C\CCCCC1. The van der Waals surface area contributed by atoms with Crippen LogP contribution in [-0.2, 0) is 0 Å². The van der Waals surface area contributed by atoms with E-state index in [-0.39, 0.29) is 0 Å². The summed E-state index contributed by atoms with van der Waals surface area (Å²) in [6.07, 6.45) is 16.6. The molecule has 0 aliphatic heterocycles. The van der Waals surface area contributed by atoms with E-state index in [0.29, 0.717) is 5.25 Å². The number of hydrogen-bond acceptors (Lipinski definition) is 1. The minimum Gasteiger partial charge on any atom is -0.141 e. The zero-order chi connectivity index (χ0) is 8.65. The van der Waals surface area contributed by atoms with Gasteiger partial charge >= 0.3 is 0 Å². The van der Waals surface area contributed by atoms with Gasteiger partial charge in [0.05, 0.1) is 5.75 Å². The van der Waals surface area contributed by atoms with Crippen molar-refractivity contribution in [2.45, 2.75) is 37.4 Å². The van der Waals surface area contributed by atoms with Crippen LogP contribution in [0.1, 0.15) is 32.1 Å². The third-order valence-corrected chi connectivity index (χ3v) is 3.25. The highest BCUT2D eigenvalue weighted by molar-refractivity contribution is 8.00. The molecule has 1 unspecified atom stereocenters. The molecule has 0 aromatic carbocycles. The van der Waals surface area contributed by atoms with Crippen LogP contribution in [0.5, 0.6) is 0 Å². The van der Waals surface area contributed by atoms with Gasteiger partial charge in [0, 0.05) is 5.25 Å². The third kappa shape index (κ3) is 3.88. The van der Waals surface area contributed by atoms with Gasteiger partial charge in [-0.2, -0.15) is 0 Å². The number of hydrogen-bond donors (Lipinski definition) is 0. The van der Waals surface area contributed by atoms with E-state index in [1.165, 1.54) is 32.1 Å². The lowest BCUT2D eigenvalue weighted by atomic mass is 10.1. The second kappa shape index (κ2) is 6.20. The predicted molar refractivity (Wildman–Crippen MR) is 57.3 cm³/mol. The van der Waals surface area contributed by atoms with E-state index in [2.05, 4.69) is 18.1 Å². The maximum atomic E-state index is 5.22. The molecule has 66 valence electrons. The van der Waals surface area contributed by atoms with Crippen molar-refractivity contribution < 1.29 is 0 Å². The molecule has 0 radical (unpaired) electrons. The van der Waals surface area contributed by atoms with Gasteiger partial charge in [-0.05, 0) is 19.3 Å². The van der Waals surface area contributed by atoms with Gasteiger partial charge in [0.25, 0.3) is 0 Å². The normalized spacial score (nSPS) is 26.8. The molecular weight excluding hydrogens is 164 g/mol. The molecule has 1 heteroatoms. The number of rotatable bonds is 2. The van der Waals surface area contributed by atoms with Crippen molar-refractivity contribution in [2.75, 3.05) is 5.75 Å². The molecule has 0 amide bonds. The smallest absolute Gasteiger partial charge is 0.0550 e. The summed E-state index contributed by atoms with van der Waals surface area (Å²) in [5, 5.41) is 0.682. The Morgan fingerprint density at radius 2 is 2.33 bits per heavy atom. The monoisotopic (exact) mass is 180 g/mol. The zero-order valence-electron chi connectivity index (χ0n) is 7.46. The predicted octanol–water partition coefficient (Wildman–Crippen LogP) is 3.24. The summed E-state index contributed by atoms with van der Waals surface area (Å²) >= 11 is 1.90. The van der Waals surface area contributed by atoms with Crippen LogP contribution in [0.4, 0.5) is 0 Å². The summed E-state index contributed by atoms with van der Waals surface area (Å²) in [6.45, 7) is 0. The molecule has 0 aromatic heterocycles. The Morgan fingerprint density at radius 1 is 1.42 bits per heavy atom. The van der Waals surface area contributed by atoms with Gasteiger partial charge < -0.3 is 0 Å². The molecule has 12 heavy (non-hydrogen) atoms. The van der Waals surface area contributed by atoms with Crippen molar-refractivity contribution in [3.05, 3.63) is 12.2 Å². The molecule has 0 N–H and O–H groups in total. The van der Waals surface area contributed by atoms with E-state index in [1.807, 2.05) is 11.8 Å². The maximum absolute atomic E-state index is 5.22. The Labute approximate surface area is 79.8 Å². The fourth-order valence-electron chi connectivity index (χ4n) is 1.42. The number of thioether (sulfide) groups is 1. The highest BCUT2D eigenvalue weighted by Gasteiger charge is 2.05. The van der Waals surface area contributed by atoms with Crippen LogP contribution in [0, 0.1) is 12.3 Å². The first-order valence-electron chi connectivity index (χ1n) is 4.65. The first-order valence-corrected chi connectivity index (χ1v) is 5.70. The van der Waals surface area contributed by atoms with Crippen LogP contribution in [0.2, 0.25) is 0 Å². The fraction of sp³-hybridized carbons (Fsp3) is 0.636. The molecule has 1 aliphatic carbocycles. The molecule has 1 rings (SSSR count). The first kappa shape index (κ1) is 9.74. The molecule has 0 saturated heterocycles. The van der Waals surface area contributed by atoms with Crippen molar-refractivity contribution in [1.82, 2.24) is 0 Å². The molecule has 0 saturated carbocycles. The lowest BCUT2D eigenvalue weighted by molar-refractivity contribution is 0.644. The average molecular weight is 180 g/mol. The maximum Gasteiger partial charge on any atom is 0.0550 e. The van der Waals surface area contributed by atoms with Crippen LogP contribution in [0.15, 0.2) is 12.2 Å². The Bertz CT molecular complexity index is 176. The Balaban J connectivity index is 2.29. The first-order chi connectivity index (χ1) is 5.93. The summed E-state index contributed by atoms with van der Waals surface area (Å²) in [6, 6.07) is 0. The van der Waals surface area contributed by atoms with Gasteiger partial charge in [-0.15, -0.1) is 18.2 Å². The minimum atomic E-state index is 0.682. The largest absolute Gasteiger partial charge is 0.141 e. The summed E-state index contributed by atoms with van der Waals surface area (Å²) < 4.78 is 0. The van der Waals surface area contributed by atoms with E-state index >= 15 is 0 Å². The number of terminal acetylenes is 1. The summed E-state index contributed by atoms with van der Waals surface area (Å²) in [5.74, 6) is 3.54. The molecule has 0 heterocycles. The van der Waals surface area contributed by atoms with Crippen LogP contribution in [0.25, 0.3) is 0 Å². The van der Waals surface area contributed by atoms with Crippen molar-refractivity contribution in [2.24, 2.45) is 0 Å². The van der Waals surface area contributed by atoms with Crippen molar-refractivity contribution >= 4 is 11.8 Å². The van der Waals surface area contributed by atoms with Gasteiger partial charge in [-0.1, -0.05) is 30.9 Å². The van der Waals surface area contributed by atoms with Crippen molar-refractivity contribution in [3.63, 3.8) is 0 Å². The second-order valence-corrected chi connectivity index (χ2v) is 4.35. The fourth-order valence-corrected chi connectivity index (χ4v) is 2.29. The van der Waals surface area contributed by atoms with E-state index in [1.54, 1.807) is 0 Å². The zero-order valence-corrected chi connectivity index (χ0v) is 8.28. The topological polar surface area (TPSA) is 0 Å². The van der Waals surface area contributed by atoms with Gasteiger partial charge in [-0.3, -0.25) is 0 Å². The van der Waals surface area contributed by atoms with Gasteiger partial charge in [-0.25, -0.2) is 0 Å². The molecule has 0 bridgehead atoms.